The van der Waals surface area contributed by atoms with Crippen LogP contribution in [0.4, 0.5) is 5.82 Å². The van der Waals surface area contributed by atoms with Crippen LogP contribution < -0.4 is 11.5 Å². The average Bonchev–Trinajstić information content (AvgIpc) is 2.60. The fourth-order valence-corrected chi connectivity index (χ4v) is 2.60. The van der Waals surface area contributed by atoms with E-state index in [9.17, 15) is 13.2 Å². The van der Waals surface area contributed by atoms with Crippen LogP contribution in [0.25, 0.3) is 0 Å². The number of likely N-dealkylation sites (N-methyl/N-ethyl adjacent to an activating group) is 1. The van der Waals surface area contributed by atoms with Gasteiger partial charge in [-0.2, -0.15) is 9.40 Å². The summed E-state index contributed by atoms with van der Waals surface area (Å²) in [4.78, 5) is 10.6. The lowest BCUT2D eigenvalue weighted by molar-refractivity contribution is -0.118. The van der Waals surface area contributed by atoms with Crippen molar-refractivity contribution in [3.8, 4) is 0 Å². The van der Waals surface area contributed by atoms with E-state index in [1.54, 1.807) is 6.92 Å². The summed E-state index contributed by atoms with van der Waals surface area (Å²) in [7, 11) is -3.82. The number of carbonyl (C=O) groups is 1. The number of nitrogens with zero attached hydrogens (tertiary/aromatic N) is 2. The molecule has 0 spiro atoms. The Hall–Kier alpha value is -1.61. The normalized spacial score (nSPS) is 11.9. The molecule has 0 unspecified atom stereocenters. The molecule has 0 bridgehead atoms. The van der Waals surface area contributed by atoms with E-state index in [2.05, 4.69) is 10.2 Å². The van der Waals surface area contributed by atoms with E-state index in [1.165, 1.54) is 0 Å². The molecule has 1 amide bonds. The Balaban J connectivity index is 3.09. The minimum absolute atomic E-state index is 0.0667. The number of primary amides is 1. The third kappa shape index (κ3) is 2.31. The molecule has 8 nitrogen and oxygen atoms in total. The highest BCUT2D eigenvalue weighted by molar-refractivity contribution is 7.89. The molecule has 9 heteroatoms. The maximum absolute atomic E-state index is 12.0. The van der Waals surface area contributed by atoms with Crippen LogP contribution in [0.15, 0.2) is 11.1 Å². The predicted molar refractivity (Wildman–Crippen MR) is 56.6 cm³/mol. The lowest BCUT2D eigenvalue weighted by Gasteiger charge is -2.17. The molecule has 0 aliphatic carbocycles. The first-order valence-corrected chi connectivity index (χ1v) is 5.91. The van der Waals surface area contributed by atoms with Gasteiger partial charge in [-0.05, 0) is 0 Å². The first kappa shape index (κ1) is 12.5. The minimum atomic E-state index is -3.82. The molecule has 5 N–H and O–H groups in total. The maximum atomic E-state index is 12.0. The van der Waals surface area contributed by atoms with Gasteiger partial charge < -0.3 is 11.5 Å². The Morgan fingerprint density at radius 1 is 1.62 bits per heavy atom. The summed E-state index contributed by atoms with van der Waals surface area (Å²) in [5.74, 6) is -0.796. The standard InChI is InChI=1S/C7H13N5O3S/c1-2-12(4-6(8)13)16(14,15)5-3-10-11-7(5)9/h3H,2,4H2,1H3,(H2,8,13)(H3,9,10,11). The predicted octanol–water partition coefficient (Wildman–Crippen LogP) is -1.51. The molecule has 0 saturated heterocycles. The zero-order chi connectivity index (χ0) is 12.3. The van der Waals surface area contributed by atoms with Crippen molar-refractivity contribution in [2.45, 2.75) is 11.8 Å². The number of H-pyrrole nitrogens is 1. The molecule has 0 saturated carbocycles. The number of hydrogen-bond acceptors (Lipinski definition) is 5. The molecule has 0 fully saturated rings. The number of rotatable bonds is 5. The number of anilines is 1. The van der Waals surface area contributed by atoms with Crippen molar-refractivity contribution in [2.75, 3.05) is 18.8 Å². The van der Waals surface area contributed by atoms with Crippen molar-refractivity contribution < 1.29 is 13.2 Å². The molecule has 90 valence electrons. The molecule has 1 rings (SSSR count). The van der Waals surface area contributed by atoms with Crippen LogP contribution in [-0.4, -0.2) is 41.9 Å². The Morgan fingerprint density at radius 3 is 2.62 bits per heavy atom. The van der Waals surface area contributed by atoms with Gasteiger partial charge in [0.15, 0.2) is 0 Å². The minimum Gasteiger partial charge on any atom is -0.383 e. The topological polar surface area (TPSA) is 135 Å². The zero-order valence-corrected chi connectivity index (χ0v) is 9.49. The Bertz CT molecular complexity index is 480. The first-order valence-electron chi connectivity index (χ1n) is 4.47. The van der Waals surface area contributed by atoms with E-state index >= 15 is 0 Å². The second-order valence-corrected chi connectivity index (χ2v) is 4.95. The van der Waals surface area contributed by atoms with Crippen molar-refractivity contribution >= 4 is 21.7 Å². The van der Waals surface area contributed by atoms with Crippen LogP contribution in [0.1, 0.15) is 6.92 Å². The van der Waals surface area contributed by atoms with Gasteiger partial charge in [0.1, 0.15) is 10.7 Å². The molecule has 0 radical (unpaired) electrons. The lowest BCUT2D eigenvalue weighted by Crippen LogP contribution is -2.38. The molecule has 0 aliphatic heterocycles. The quantitative estimate of drug-likeness (QED) is 0.581. The van der Waals surface area contributed by atoms with Crippen molar-refractivity contribution in [1.29, 1.82) is 0 Å². The van der Waals surface area contributed by atoms with E-state index in [4.69, 9.17) is 11.5 Å². The summed E-state index contributed by atoms with van der Waals surface area (Å²) < 4.78 is 24.8. The summed E-state index contributed by atoms with van der Waals surface area (Å²) in [6.45, 7) is 1.33. The Labute approximate surface area is 92.7 Å². The summed E-state index contributed by atoms with van der Waals surface area (Å²) in [6, 6.07) is 0. The Morgan fingerprint density at radius 2 is 2.25 bits per heavy atom. The number of aromatic amines is 1. The van der Waals surface area contributed by atoms with Gasteiger partial charge in [-0.25, -0.2) is 8.42 Å². The number of nitrogens with one attached hydrogen (secondary N) is 1. The van der Waals surface area contributed by atoms with E-state index in [0.29, 0.717) is 0 Å². The third-order valence-electron chi connectivity index (χ3n) is 1.93. The van der Waals surface area contributed by atoms with Gasteiger partial charge in [0, 0.05) is 6.54 Å². The number of carbonyl (C=O) groups excluding carboxylic acids is 1. The van der Waals surface area contributed by atoms with Gasteiger partial charge in [0.25, 0.3) is 0 Å². The second-order valence-electron chi connectivity index (χ2n) is 3.05. The first-order chi connectivity index (χ1) is 7.39. The van der Waals surface area contributed by atoms with E-state index in [0.717, 1.165) is 10.5 Å². The number of hydrogen-bond donors (Lipinski definition) is 3. The van der Waals surface area contributed by atoms with Gasteiger partial charge >= 0.3 is 0 Å². The van der Waals surface area contributed by atoms with Crippen molar-refractivity contribution in [3.63, 3.8) is 0 Å². The van der Waals surface area contributed by atoms with Crippen molar-refractivity contribution in [3.05, 3.63) is 6.20 Å². The van der Waals surface area contributed by atoms with Crippen molar-refractivity contribution in [2.24, 2.45) is 5.73 Å². The van der Waals surface area contributed by atoms with Gasteiger partial charge in [0.05, 0.1) is 12.7 Å². The number of sulfonamides is 1. The van der Waals surface area contributed by atoms with E-state index in [-0.39, 0.29) is 23.8 Å². The molecule has 1 aromatic heterocycles. The summed E-state index contributed by atoms with van der Waals surface area (Å²) in [5.41, 5.74) is 10.4. The van der Waals surface area contributed by atoms with Crippen LogP contribution in [0, 0.1) is 0 Å². The fourth-order valence-electron chi connectivity index (χ4n) is 1.17. The summed E-state index contributed by atoms with van der Waals surface area (Å²) in [6.07, 6.45) is 1.09. The third-order valence-corrected chi connectivity index (χ3v) is 3.88. The smallest absolute Gasteiger partial charge is 0.248 e. The molecule has 0 aromatic carbocycles. The molecule has 1 aromatic rings. The van der Waals surface area contributed by atoms with Crippen LogP contribution in [0.3, 0.4) is 0 Å². The SMILES string of the molecule is CCN(CC(N)=O)S(=O)(=O)c1cn[nH]c1N. The monoisotopic (exact) mass is 247 g/mol. The number of aromatic nitrogens is 2. The summed E-state index contributed by atoms with van der Waals surface area (Å²) >= 11 is 0. The van der Waals surface area contributed by atoms with Crippen molar-refractivity contribution in [1.82, 2.24) is 14.5 Å². The molecular weight excluding hydrogens is 234 g/mol. The van der Waals surface area contributed by atoms with E-state index < -0.39 is 15.9 Å². The van der Waals surface area contributed by atoms with E-state index in [1.807, 2.05) is 0 Å². The maximum Gasteiger partial charge on any atom is 0.248 e. The van der Waals surface area contributed by atoms with Gasteiger partial charge in [-0.15, -0.1) is 0 Å². The van der Waals surface area contributed by atoms with Gasteiger partial charge in [0.2, 0.25) is 15.9 Å². The number of nitrogens with two attached hydrogens (primary N) is 2. The van der Waals surface area contributed by atoms with Gasteiger partial charge in [-0.1, -0.05) is 6.92 Å². The molecular formula is C7H13N5O3S. The molecule has 1 heterocycles. The summed E-state index contributed by atoms with van der Waals surface area (Å²) in [5, 5.41) is 5.82. The Kier molecular flexibility index (Phi) is 3.50. The number of amides is 1. The molecule has 0 atom stereocenters. The van der Waals surface area contributed by atoms with Crippen LogP contribution >= 0.6 is 0 Å². The van der Waals surface area contributed by atoms with Crippen LogP contribution in [-0.2, 0) is 14.8 Å². The highest BCUT2D eigenvalue weighted by Gasteiger charge is 2.27. The second kappa shape index (κ2) is 4.49. The van der Waals surface area contributed by atoms with Gasteiger partial charge in [-0.3, -0.25) is 9.89 Å². The highest BCUT2D eigenvalue weighted by atomic mass is 32.2. The average molecular weight is 247 g/mol. The molecule has 16 heavy (non-hydrogen) atoms. The highest BCUT2D eigenvalue weighted by Crippen LogP contribution is 2.18. The van der Waals surface area contributed by atoms with Crippen LogP contribution in [0.2, 0.25) is 0 Å². The fraction of sp³-hybridized carbons (Fsp3) is 0.429. The van der Waals surface area contributed by atoms with Crippen LogP contribution in [0.5, 0.6) is 0 Å². The molecule has 0 aliphatic rings. The zero-order valence-electron chi connectivity index (χ0n) is 8.67. The number of nitrogen functional groups attached to an aromatic ring is 1. The lowest BCUT2D eigenvalue weighted by atomic mass is 10.6. The largest absolute Gasteiger partial charge is 0.383 e.